The second-order valence-corrected chi connectivity index (χ2v) is 5.76. The normalized spacial score (nSPS) is 20.3. The molecule has 0 aromatic carbocycles. The third kappa shape index (κ3) is 4.43. The number of carbonyl (C=O) groups excluding carboxylic acids is 1. The lowest BCUT2D eigenvalue weighted by atomic mass is 10.1. The molecule has 0 saturated carbocycles. The Kier molecular flexibility index (Phi) is 4.93. The van der Waals surface area contributed by atoms with Crippen LogP contribution < -0.4 is 0 Å². The molecule has 1 amide bonds. The number of hydrogen-bond donors (Lipinski definition) is 0. The predicted molar refractivity (Wildman–Crippen MR) is 64.2 cm³/mol. The molecule has 0 N–H and O–H groups in total. The van der Waals surface area contributed by atoms with Gasteiger partial charge in [-0.1, -0.05) is 6.92 Å². The van der Waals surface area contributed by atoms with Gasteiger partial charge in [-0.2, -0.15) is 11.8 Å². The predicted octanol–water partition coefficient (Wildman–Crippen LogP) is 1.77. The van der Waals surface area contributed by atoms with Crippen LogP contribution in [0.4, 0.5) is 0 Å². The summed E-state index contributed by atoms with van der Waals surface area (Å²) in [6.07, 6.45) is 0.661. The number of morpholine rings is 1. The average Bonchev–Trinajstić information content (AvgIpc) is 2.16. The van der Waals surface area contributed by atoms with Gasteiger partial charge < -0.3 is 9.64 Å². The molecule has 0 aliphatic carbocycles. The highest BCUT2D eigenvalue weighted by atomic mass is 32.2. The lowest BCUT2D eigenvalue weighted by Gasteiger charge is -2.38. The number of amides is 1. The molecule has 0 unspecified atom stereocenters. The molecule has 0 bridgehead atoms. The van der Waals surface area contributed by atoms with E-state index in [4.69, 9.17) is 4.74 Å². The molecule has 1 rings (SSSR count). The maximum Gasteiger partial charge on any atom is 0.223 e. The van der Waals surface area contributed by atoms with Crippen molar-refractivity contribution in [1.29, 1.82) is 0 Å². The molecule has 0 aromatic rings. The average molecular weight is 231 g/mol. The lowest BCUT2D eigenvalue weighted by Crippen LogP contribution is -2.50. The Balaban J connectivity index is 2.32. The van der Waals surface area contributed by atoms with E-state index in [1.54, 1.807) is 0 Å². The van der Waals surface area contributed by atoms with Crippen LogP contribution in [0.15, 0.2) is 0 Å². The minimum absolute atomic E-state index is 0.175. The van der Waals surface area contributed by atoms with E-state index in [0.717, 1.165) is 24.6 Å². The first-order valence-electron chi connectivity index (χ1n) is 5.54. The van der Waals surface area contributed by atoms with Gasteiger partial charge in [-0.25, -0.2) is 0 Å². The summed E-state index contributed by atoms with van der Waals surface area (Å²) in [5.41, 5.74) is -0.175. The van der Waals surface area contributed by atoms with Crippen LogP contribution in [0, 0.1) is 0 Å². The van der Waals surface area contributed by atoms with Crippen molar-refractivity contribution in [2.75, 3.05) is 31.2 Å². The molecule has 0 spiro atoms. The fourth-order valence-electron chi connectivity index (χ4n) is 1.69. The molecular weight excluding hydrogens is 210 g/mol. The molecule has 0 radical (unpaired) electrons. The standard InChI is InChI=1S/C11H21NO2S/c1-4-15-8-5-10(13)12-6-7-14-11(2,3)9-12/h4-9H2,1-3H3. The van der Waals surface area contributed by atoms with Crippen LogP contribution in [0.25, 0.3) is 0 Å². The van der Waals surface area contributed by atoms with Crippen molar-refractivity contribution in [3.8, 4) is 0 Å². The quantitative estimate of drug-likeness (QED) is 0.691. The molecule has 1 fully saturated rings. The third-order valence-corrected chi connectivity index (χ3v) is 3.34. The Bertz CT molecular complexity index is 219. The molecule has 88 valence electrons. The number of rotatable bonds is 4. The van der Waals surface area contributed by atoms with Crippen LogP contribution >= 0.6 is 11.8 Å². The van der Waals surface area contributed by atoms with E-state index in [1.165, 1.54) is 0 Å². The van der Waals surface area contributed by atoms with Gasteiger partial charge in [-0.3, -0.25) is 4.79 Å². The van der Waals surface area contributed by atoms with Crippen molar-refractivity contribution in [3.05, 3.63) is 0 Å². The monoisotopic (exact) mass is 231 g/mol. The molecule has 1 saturated heterocycles. The molecule has 1 heterocycles. The van der Waals surface area contributed by atoms with E-state index in [1.807, 2.05) is 30.5 Å². The summed E-state index contributed by atoms with van der Waals surface area (Å²) in [4.78, 5) is 13.7. The Morgan fingerprint density at radius 2 is 2.27 bits per heavy atom. The van der Waals surface area contributed by atoms with Crippen molar-refractivity contribution in [1.82, 2.24) is 4.90 Å². The Morgan fingerprint density at radius 1 is 1.53 bits per heavy atom. The van der Waals surface area contributed by atoms with E-state index in [9.17, 15) is 4.79 Å². The summed E-state index contributed by atoms with van der Waals surface area (Å²) >= 11 is 1.82. The highest BCUT2D eigenvalue weighted by Gasteiger charge is 2.29. The molecule has 1 aliphatic rings. The van der Waals surface area contributed by atoms with Crippen LogP contribution in [0.2, 0.25) is 0 Å². The van der Waals surface area contributed by atoms with E-state index < -0.39 is 0 Å². The Labute approximate surface area is 96.5 Å². The van der Waals surface area contributed by atoms with Crippen LogP contribution in [-0.4, -0.2) is 47.6 Å². The number of carbonyl (C=O) groups is 1. The first kappa shape index (κ1) is 12.8. The summed E-state index contributed by atoms with van der Waals surface area (Å²) in [5, 5.41) is 0. The van der Waals surface area contributed by atoms with Gasteiger partial charge in [0, 0.05) is 25.3 Å². The first-order valence-corrected chi connectivity index (χ1v) is 6.70. The fourth-order valence-corrected chi connectivity index (χ4v) is 2.30. The van der Waals surface area contributed by atoms with E-state index >= 15 is 0 Å². The van der Waals surface area contributed by atoms with Gasteiger partial charge in [0.25, 0.3) is 0 Å². The maximum absolute atomic E-state index is 11.8. The second kappa shape index (κ2) is 5.75. The zero-order valence-electron chi connectivity index (χ0n) is 9.91. The fraction of sp³-hybridized carbons (Fsp3) is 0.909. The zero-order chi connectivity index (χ0) is 11.3. The SMILES string of the molecule is CCSCCC(=O)N1CCOC(C)(C)C1. The smallest absolute Gasteiger partial charge is 0.223 e. The Morgan fingerprint density at radius 3 is 2.87 bits per heavy atom. The Hall–Kier alpha value is -0.220. The van der Waals surface area contributed by atoms with E-state index in [2.05, 4.69) is 6.92 Å². The molecule has 1 aliphatic heterocycles. The zero-order valence-corrected chi connectivity index (χ0v) is 10.7. The molecule has 15 heavy (non-hydrogen) atoms. The van der Waals surface area contributed by atoms with Crippen molar-refractivity contribution in [2.24, 2.45) is 0 Å². The highest BCUT2D eigenvalue weighted by molar-refractivity contribution is 7.99. The number of nitrogens with zero attached hydrogens (tertiary/aromatic N) is 1. The maximum atomic E-state index is 11.8. The van der Waals surface area contributed by atoms with E-state index in [0.29, 0.717) is 13.0 Å². The lowest BCUT2D eigenvalue weighted by molar-refractivity contribution is -0.145. The first-order chi connectivity index (χ1) is 7.05. The molecular formula is C11H21NO2S. The summed E-state index contributed by atoms with van der Waals surface area (Å²) < 4.78 is 5.57. The van der Waals surface area contributed by atoms with Crippen molar-refractivity contribution >= 4 is 17.7 Å². The van der Waals surface area contributed by atoms with Crippen molar-refractivity contribution in [3.63, 3.8) is 0 Å². The van der Waals surface area contributed by atoms with Crippen LogP contribution in [0.1, 0.15) is 27.2 Å². The molecule has 4 heteroatoms. The van der Waals surface area contributed by atoms with Gasteiger partial charge in [-0.05, 0) is 19.6 Å². The third-order valence-electron chi connectivity index (χ3n) is 2.44. The van der Waals surface area contributed by atoms with E-state index in [-0.39, 0.29) is 11.5 Å². The number of hydrogen-bond acceptors (Lipinski definition) is 3. The van der Waals surface area contributed by atoms with Gasteiger partial charge in [0.05, 0.1) is 12.2 Å². The van der Waals surface area contributed by atoms with Crippen molar-refractivity contribution in [2.45, 2.75) is 32.8 Å². The largest absolute Gasteiger partial charge is 0.372 e. The number of thioether (sulfide) groups is 1. The number of ether oxygens (including phenoxy) is 1. The van der Waals surface area contributed by atoms with Gasteiger partial charge in [-0.15, -0.1) is 0 Å². The summed E-state index contributed by atoms with van der Waals surface area (Å²) in [7, 11) is 0. The van der Waals surface area contributed by atoms with Crippen molar-refractivity contribution < 1.29 is 9.53 Å². The summed E-state index contributed by atoms with van der Waals surface area (Å²) in [5.74, 6) is 2.29. The summed E-state index contributed by atoms with van der Waals surface area (Å²) in [6, 6.07) is 0. The highest BCUT2D eigenvalue weighted by Crippen LogP contribution is 2.17. The second-order valence-electron chi connectivity index (χ2n) is 4.37. The minimum atomic E-state index is -0.175. The van der Waals surface area contributed by atoms with Gasteiger partial charge >= 0.3 is 0 Å². The van der Waals surface area contributed by atoms with Crippen LogP contribution in [0.5, 0.6) is 0 Å². The molecule has 0 aromatic heterocycles. The molecule has 3 nitrogen and oxygen atoms in total. The topological polar surface area (TPSA) is 29.5 Å². The minimum Gasteiger partial charge on any atom is -0.372 e. The van der Waals surface area contributed by atoms with Crippen LogP contribution in [0.3, 0.4) is 0 Å². The van der Waals surface area contributed by atoms with Crippen LogP contribution in [-0.2, 0) is 9.53 Å². The van der Waals surface area contributed by atoms with Gasteiger partial charge in [0.1, 0.15) is 0 Å². The summed E-state index contributed by atoms with van der Waals surface area (Å²) in [6.45, 7) is 8.33. The van der Waals surface area contributed by atoms with Gasteiger partial charge in [0.2, 0.25) is 5.91 Å². The van der Waals surface area contributed by atoms with Gasteiger partial charge in [0.15, 0.2) is 0 Å². The molecule has 0 atom stereocenters.